The summed E-state index contributed by atoms with van der Waals surface area (Å²) in [5, 5.41) is 0. The molecule has 1 nitrogen and oxygen atoms in total. The summed E-state index contributed by atoms with van der Waals surface area (Å²) >= 11 is 1.68. The van der Waals surface area contributed by atoms with Gasteiger partial charge in [0.05, 0.1) is 0 Å². The summed E-state index contributed by atoms with van der Waals surface area (Å²) in [5.74, 6) is -0.204. The largest absolute Gasteiger partial charge is 0.329 e. The van der Waals surface area contributed by atoms with E-state index in [2.05, 4.69) is 6.92 Å². The number of hydrogen-bond acceptors (Lipinski definition) is 2. The quantitative estimate of drug-likeness (QED) is 0.808. The van der Waals surface area contributed by atoms with Crippen molar-refractivity contribution >= 4 is 11.8 Å². The van der Waals surface area contributed by atoms with Gasteiger partial charge in [-0.15, -0.1) is 0 Å². The number of benzene rings is 1. The summed E-state index contributed by atoms with van der Waals surface area (Å²) in [5.41, 5.74) is 6.75. The minimum absolute atomic E-state index is 0.103. The normalized spacial score (nSPS) is 15.4. The Morgan fingerprint density at radius 2 is 1.92 bits per heavy atom. The van der Waals surface area contributed by atoms with Crippen molar-refractivity contribution in [3.63, 3.8) is 0 Å². The lowest BCUT2D eigenvalue weighted by Gasteiger charge is -2.26. The van der Waals surface area contributed by atoms with Crippen molar-refractivity contribution in [2.24, 2.45) is 5.73 Å². The van der Waals surface area contributed by atoms with Crippen molar-refractivity contribution in [2.75, 3.05) is 12.8 Å². The highest BCUT2D eigenvalue weighted by Gasteiger charge is 2.23. The number of nitrogens with two attached hydrogens (primary N) is 1. The Balaban J connectivity index is 2.99. The predicted octanol–water partition coefficient (Wildman–Crippen LogP) is 2.36. The molecule has 0 saturated heterocycles. The summed E-state index contributed by atoms with van der Waals surface area (Å²) in [4.78, 5) is 0. The molecular weight excluding hydrogens is 185 g/mol. The molecule has 1 atom stereocenters. The maximum atomic E-state index is 12.6. The first kappa shape index (κ1) is 10.5. The summed E-state index contributed by atoms with van der Waals surface area (Å²) in [6.07, 6.45) is 2.01. The van der Waals surface area contributed by atoms with E-state index in [0.29, 0.717) is 6.54 Å². The van der Waals surface area contributed by atoms with Crippen LogP contribution in [0.3, 0.4) is 0 Å². The minimum atomic E-state index is -0.204. The van der Waals surface area contributed by atoms with Crippen LogP contribution < -0.4 is 5.73 Å². The van der Waals surface area contributed by atoms with Gasteiger partial charge in [0.25, 0.3) is 0 Å². The van der Waals surface area contributed by atoms with Gasteiger partial charge < -0.3 is 5.73 Å². The highest BCUT2D eigenvalue weighted by Crippen LogP contribution is 2.32. The Labute approximate surface area is 82.5 Å². The Morgan fingerprint density at radius 3 is 2.31 bits per heavy atom. The van der Waals surface area contributed by atoms with Crippen molar-refractivity contribution < 1.29 is 4.39 Å². The second-order valence-corrected chi connectivity index (χ2v) is 4.46. The highest BCUT2D eigenvalue weighted by molar-refractivity contribution is 7.99. The van der Waals surface area contributed by atoms with Crippen molar-refractivity contribution in [2.45, 2.75) is 11.7 Å². The Bertz CT molecular complexity index is 267. The molecule has 0 spiro atoms. The molecular formula is C10H14FNS. The van der Waals surface area contributed by atoms with Gasteiger partial charge in [0.1, 0.15) is 5.82 Å². The summed E-state index contributed by atoms with van der Waals surface area (Å²) in [7, 11) is 0. The zero-order chi connectivity index (χ0) is 9.90. The van der Waals surface area contributed by atoms with Gasteiger partial charge in [0.15, 0.2) is 0 Å². The molecule has 1 aromatic carbocycles. The molecule has 72 valence electrons. The average molecular weight is 199 g/mol. The van der Waals surface area contributed by atoms with Gasteiger partial charge in [-0.05, 0) is 30.9 Å². The maximum Gasteiger partial charge on any atom is 0.123 e. The third-order valence-electron chi connectivity index (χ3n) is 2.29. The molecule has 1 aromatic rings. The summed E-state index contributed by atoms with van der Waals surface area (Å²) < 4.78 is 12.5. The van der Waals surface area contributed by atoms with Crippen LogP contribution in [0.4, 0.5) is 4.39 Å². The Morgan fingerprint density at radius 1 is 1.38 bits per heavy atom. The fourth-order valence-electron chi connectivity index (χ4n) is 1.12. The molecule has 0 aliphatic carbocycles. The summed E-state index contributed by atoms with van der Waals surface area (Å²) in [6.45, 7) is 2.62. The fourth-order valence-corrected chi connectivity index (χ4v) is 1.66. The van der Waals surface area contributed by atoms with Gasteiger partial charge >= 0.3 is 0 Å². The van der Waals surface area contributed by atoms with Crippen molar-refractivity contribution in [3.05, 3.63) is 35.6 Å². The fraction of sp³-hybridized carbons (Fsp3) is 0.400. The van der Waals surface area contributed by atoms with Crippen LogP contribution in [0.2, 0.25) is 0 Å². The molecule has 0 heterocycles. The second-order valence-electron chi connectivity index (χ2n) is 3.15. The van der Waals surface area contributed by atoms with E-state index in [-0.39, 0.29) is 10.6 Å². The van der Waals surface area contributed by atoms with E-state index in [1.807, 2.05) is 6.26 Å². The Hall–Kier alpha value is -0.540. The van der Waals surface area contributed by atoms with E-state index in [4.69, 9.17) is 5.73 Å². The molecule has 0 amide bonds. The lowest BCUT2D eigenvalue weighted by molar-refractivity contribution is 0.623. The van der Waals surface area contributed by atoms with Gasteiger partial charge in [-0.1, -0.05) is 12.1 Å². The molecule has 1 unspecified atom stereocenters. The molecule has 3 heteroatoms. The Kier molecular flexibility index (Phi) is 3.33. The third kappa shape index (κ3) is 2.23. The molecule has 0 bridgehead atoms. The standard InChI is InChI=1S/C10H14FNS/c1-10(7-12,13-2)8-3-5-9(11)6-4-8/h3-6H,7,12H2,1-2H3. The topological polar surface area (TPSA) is 26.0 Å². The van der Waals surface area contributed by atoms with Crippen LogP contribution in [0.25, 0.3) is 0 Å². The van der Waals surface area contributed by atoms with Gasteiger partial charge in [0.2, 0.25) is 0 Å². The van der Waals surface area contributed by atoms with E-state index in [1.165, 1.54) is 12.1 Å². The van der Waals surface area contributed by atoms with Crippen LogP contribution in [0.1, 0.15) is 12.5 Å². The molecule has 1 rings (SSSR count). The third-order valence-corrected chi connectivity index (χ3v) is 3.60. The molecule has 0 aliphatic rings. The first-order chi connectivity index (χ1) is 6.12. The zero-order valence-corrected chi connectivity index (χ0v) is 8.70. The zero-order valence-electron chi connectivity index (χ0n) is 7.88. The first-order valence-electron chi connectivity index (χ1n) is 4.13. The van der Waals surface area contributed by atoms with Crippen LogP contribution in [-0.4, -0.2) is 12.8 Å². The van der Waals surface area contributed by atoms with Crippen LogP contribution in [0.15, 0.2) is 24.3 Å². The van der Waals surface area contributed by atoms with E-state index in [9.17, 15) is 4.39 Å². The molecule has 0 fully saturated rings. The average Bonchev–Trinajstić information content (AvgIpc) is 2.18. The van der Waals surface area contributed by atoms with E-state index in [0.717, 1.165) is 5.56 Å². The van der Waals surface area contributed by atoms with Gasteiger partial charge in [-0.2, -0.15) is 11.8 Å². The molecule has 0 radical (unpaired) electrons. The van der Waals surface area contributed by atoms with Gasteiger partial charge in [-0.3, -0.25) is 0 Å². The second kappa shape index (κ2) is 4.11. The smallest absolute Gasteiger partial charge is 0.123 e. The van der Waals surface area contributed by atoms with Crippen LogP contribution in [0, 0.1) is 5.82 Å². The number of thioether (sulfide) groups is 1. The maximum absolute atomic E-state index is 12.6. The van der Waals surface area contributed by atoms with E-state index < -0.39 is 0 Å². The number of halogens is 1. The molecule has 0 saturated carbocycles. The van der Waals surface area contributed by atoms with Crippen LogP contribution in [0.5, 0.6) is 0 Å². The van der Waals surface area contributed by atoms with Crippen molar-refractivity contribution in [1.82, 2.24) is 0 Å². The lowest BCUT2D eigenvalue weighted by atomic mass is 10.0. The van der Waals surface area contributed by atoms with E-state index >= 15 is 0 Å². The monoisotopic (exact) mass is 199 g/mol. The number of rotatable bonds is 3. The van der Waals surface area contributed by atoms with Gasteiger partial charge in [0, 0.05) is 11.3 Å². The number of hydrogen-bond donors (Lipinski definition) is 1. The van der Waals surface area contributed by atoms with Crippen LogP contribution in [-0.2, 0) is 4.75 Å². The lowest BCUT2D eigenvalue weighted by Crippen LogP contribution is -2.27. The molecule has 13 heavy (non-hydrogen) atoms. The SMILES string of the molecule is CSC(C)(CN)c1ccc(F)cc1. The highest BCUT2D eigenvalue weighted by atomic mass is 32.2. The minimum Gasteiger partial charge on any atom is -0.329 e. The van der Waals surface area contributed by atoms with E-state index in [1.54, 1.807) is 23.9 Å². The van der Waals surface area contributed by atoms with Crippen molar-refractivity contribution in [3.8, 4) is 0 Å². The first-order valence-corrected chi connectivity index (χ1v) is 5.36. The van der Waals surface area contributed by atoms with Crippen molar-refractivity contribution in [1.29, 1.82) is 0 Å². The molecule has 0 aliphatic heterocycles. The molecule has 2 N–H and O–H groups in total. The molecule has 0 aromatic heterocycles. The van der Waals surface area contributed by atoms with Gasteiger partial charge in [-0.25, -0.2) is 4.39 Å². The van der Waals surface area contributed by atoms with Crippen LogP contribution >= 0.6 is 11.8 Å². The predicted molar refractivity (Wildman–Crippen MR) is 56.3 cm³/mol. The summed E-state index contributed by atoms with van der Waals surface area (Å²) in [6, 6.07) is 6.52.